The summed E-state index contributed by atoms with van der Waals surface area (Å²) in [6.07, 6.45) is 4.93. The average molecular weight is 208 g/mol. The van der Waals surface area contributed by atoms with Crippen molar-refractivity contribution in [3.05, 3.63) is 35.1 Å². The van der Waals surface area contributed by atoms with Gasteiger partial charge in [-0.15, -0.1) is 0 Å². The van der Waals surface area contributed by atoms with Crippen LogP contribution in [0.3, 0.4) is 0 Å². The lowest BCUT2D eigenvalue weighted by molar-refractivity contribution is -0.00122. The summed E-state index contributed by atoms with van der Waals surface area (Å²) in [5.74, 6) is -0.226. The van der Waals surface area contributed by atoms with E-state index in [9.17, 15) is 9.50 Å². The van der Waals surface area contributed by atoms with Gasteiger partial charge in [-0.2, -0.15) is 0 Å². The molecule has 2 rings (SSSR count). The number of rotatable bonds is 1. The van der Waals surface area contributed by atoms with Crippen LogP contribution in [-0.4, -0.2) is 5.11 Å². The van der Waals surface area contributed by atoms with E-state index >= 15 is 0 Å². The van der Waals surface area contributed by atoms with Crippen LogP contribution in [0.25, 0.3) is 0 Å². The van der Waals surface area contributed by atoms with Crippen molar-refractivity contribution in [1.29, 1.82) is 0 Å². The average Bonchev–Trinajstić information content (AvgIpc) is 2.18. The quantitative estimate of drug-likeness (QED) is 0.750. The molecule has 1 fully saturated rings. The van der Waals surface area contributed by atoms with Crippen LogP contribution in [0.2, 0.25) is 0 Å². The van der Waals surface area contributed by atoms with Gasteiger partial charge >= 0.3 is 0 Å². The van der Waals surface area contributed by atoms with Gasteiger partial charge in [0.2, 0.25) is 0 Å². The maximum atomic E-state index is 13.0. The van der Waals surface area contributed by atoms with Gasteiger partial charge < -0.3 is 5.11 Å². The molecule has 1 N–H and O–H groups in total. The van der Waals surface area contributed by atoms with Gasteiger partial charge in [0.05, 0.1) is 5.60 Å². The fourth-order valence-corrected chi connectivity index (χ4v) is 2.56. The van der Waals surface area contributed by atoms with Crippen molar-refractivity contribution < 1.29 is 9.50 Å². The van der Waals surface area contributed by atoms with E-state index in [4.69, 9.17) is 0 Å². The summed E-state index contributed by atoms with van der Waals surface area (Å²) in [7, 11) is 0. The molecule has 1 aliphatic carbocycles. The third-order valence-electron chi connectivity index (χ3n) is 3.37. The molecule has 1 aliphatic rings. The second-order valence-electron chi connectivity index (χ2n) is 4.55. The lowest BCUT2D eigenvalue weighted by atomic mass is 9.78. The molecule has 0 spiro atoms. The standard InChI is InChI=1S/C13H17FO/c1-10-9-11(14)5-6-12(10)13(15)7-3-2-4-8-13/h5-6,9,15H,2-4,7-8H2,1H3. The zero-order valence-electron chi connectivity index (χ0n) is 9.09. The second kappa shape index (κ2) is 3.93. The van der Waals surface area contributed by atoms with Crippen molar-refractivity contribution in [2.24, 2.45) is 0 Å². The summed E-state index contributed by atoms with van der Waals surface area (Å²) in [6.45, 7) is 1.87. The van der Waals surface area contributed by atoms with Gasteiger partial charge in [-0.1, -0.05) is 25.3 Å². The van der Waals surface area contributed by atoms with Crippen LogP contribution < -0.4 is 0 Å². The predicted octanol–water partition coefficient (Wildman–Crippen LogP) is 3.29. The highest BCUT2D eigenvalue weighted by atomic mass is 19.1. The Morgan fingerprint density at radius 1 is 1.20 bits per heavy atom. The number of halogens is 1. The van der Waals surface area contributed by atoms with Crippen LogP contribution in [0.4, 0.5) is 4.39 Å². The Morgan fingerprint density at radius 2 is 1.87 bits per heavy atom. The van der Waals surface area contributed by atoms with E-state index in [1.807, 2.05) is 6.92 Å². The predicted molar refractivity (Wildman–Crippen MR) is 58.1 cm³/mol. The fraction of sp³-hybridized carbons (Fsp3) is 0.538. The molecule has 0 radical (unpaired) electrons. The molecule has 1 nitrogen and oxygen atoms in total. The van der Waals surface area contributed by atoms with E-state index in [1.54, 1.807) is 6.07 Å². The molecule has 0 unspecified atom stereocenters. The number of hydrogen-bond donors (Lipinski definition) is 1. The number of aliphatic hydroxyl groups is 1. The minimum absolute atomic E-state index is 0.226. The third-order valence-corrected chi connectivity index (χ3v) is 3.37. The molecule has 0 amide bonds. The topological polar surface area (TPSA) is 20.2 Å². The first-order chi connectivity index (χ1) is 7.12. The van der Waals surface area contributed by atoms with E-state index in [1.165, 1.54) is 18.6 Å². The molecule has 82 valence electrons. The van der Waals surface area contributed by atoms with Gasteiger partial charge in [0, 0.05) is 0 Å². The number of hydrogen-bond acceptors (Lipinski definition) is 1. The Balaban J connectivity index is 2.35. The highest BCUT2D eigenvalue weighted by Crippen LogP contribution is 2.38. The van der Waals surface area contributed by atoms with Crippen molar-refractivity contribution in [3.63, 3.8) is 0 Å². The Hall–Kier alpha value is -0.890. The van der Waals surface area contributed by atoms with Crippen LogP contribution in [-0.2, 0) is 5.60 Å². The van der Waals surface area contributed by atoms with Crippen LogP contribution in [0.15, 0.2) is 18.2 Å². The summed E-state index contributed by atoms with van der Waals surface area (Å²) in [5.41, 5.74) is 1.05. The summed E-state index contributed by atoms with van der Waals surface area (Å²) in [4.78, 5) is 0. The lowest BCUT2D eigenvalue weighted by Gasteiger charge is -2.33. The van der Waals surface area contributed by atoms with Crippen LogP contribution in [0.1, 0.15) is 43.2 Å². The first-order valence-electron chi connectivity index (χ1n) is 5.61. The molecule has 1 aromatic rings. The van der Waals surface area contributed by atoms with Gasteiger partial charge in [0.25, 0.3) is 0 Å². The minimum Gasteiger partial charge on any atom is -0.385 e. The highest BCUT2D eigenvalue weighted by molar-refractivity contribution is 5.32. The fourth-order valence-electron chi connectivity index (χ4n) is 2.56. The molecule has 2 heteroatoms. The molecule has 1 aromatic carbocycles. The van der Waals surface area contributed by atoms with Gasteiger partial charge in [-0.3, -0.25) is 0 Å². The van der Waals surface area contributed by atoms with E-state index in [-0.39, 0.29) is 5.82 Å². The van der Waals surface area contributed by atoms with Crippen molar-refractivity contribution in [1.82, 2.24) is 0 Å². The van der Waals surface area contributed by atoms with Crippen LogP contribution in [0, 0.1) is 12.7 Å². The second-order valence-corrected chi connectivity index (χ2v) is 4.55. The van der Waals surface area contributed by atoms with E-state index in [2.05, 4.69) is 0 Å². The molecule has 1 saturated carbocycles. The maximum absolute atomic E-state index is 13.0. The van der Waals surface area contributed by atoms with Gasteiger partial charge in [0.15, 0.2) is 0 Å². The largest absolute Gasteiger partial charge is 0.385 e. The van der Waals surface area contributed by atoms with Crippen molar-refractivity contribution >= 4 is 0 Å². The van der Waals surface area contributed by atoms with Gasteiger partial charge in [0.1, 0.15) is 5.82 Å². The smallest absolute Gasteiger partial charge is 0.123 e. The summed E-state index contributed by atoms with van der Waals surface area (Å²) in [5, 5.41) is 10.5. The molecule has 0 aliphatic heterocycles. The van der Waals surface area contributed by atoms with Crippen LogP contribution in [0.5, 0.6) is 0 Å². The zero-order valence-corrected chi connectivity index (χ0v) is 9.09. The Labute approximate surface area is 89.9 Å². The van der Waals surface area contributed by atoms with Crippen molar-refractivity contribution in [2.45, 2.75) is 44.6 Å². The Morgan fingerprint density at radius 3 is 2.47 bits per heavy atom. The molecule has 0 saturated heterocycles. The van der Waals surface area contributed by atoms with Crippen molar-refractivity contribution in [3.8, 4) is 0 Å². The Bertz CT molecular complexity index is 354. The summed E-state index contributed by atoms with van der Waals surface area (Å²) in [6, 6.07) is 4.67. The molecule has 15 heavy (non-hydrogen) atoms. The normalized spacial score (nSPS) is 20.2. The number of benzene rings is 1. The highest BCUT2D eigenvalue weighted by Gasteiger charge is 2.32. The first-order valence-corrected chi connectivity index (χ1v) is 5.61. The third kappa shape index (κ3) is 2.05. The monoisotopic (exact) mass is 208 g/mol. The molecule has 0 aromatic heterocycles. The van der Waals surface area contributed by atoms with E-state index in [0.29, 0.717) is 0 Å². The summed E-state index contributed by atoms with van der Waals surface area (Å²) >= 11 is 0. The van der Waals surface area contributed by atoms with Gasteiger partial charge in [-0.05, 0) is 43.0 Å². The SMILES string of the molecule is Cc1cc(F)ccc1C1(O)CCCCC1. The molecule has 0 heterocycles. The maximum Gasteiger partial charge on any atom is 0.123 e. The Kier molecular flexibility index (Phi) is 2.79. The first kappa shape index (κ1) is 10.6. The van der Waals surface area contributed by atoms with Crippen molar-refractivity contribution in [2.75, 3.05) is 0 Å². The van der Waals surface area contributed by atoms with E-state index in [0.717, 1.165) is 36.8 Å². The molecular weight excluding hydrogens is 191 g/mol. The summed E-state index contributed by atoms with van der Waals surface area (Å²) < 4.78 is 13.0. The van der Waals surface area contributed by atoms with E-state index < -0.39 is 5.60 Å². The molecular formula is C13H17FO. The minimum atomic E-state index is -0.712. The molecule has 0 bridgehead atoms. The van der Waals surface area contributed by atoms with Crippen LogP contribution >= 0.6 is 0 Å². The number of aryl methyl sites for hydroxylation is 1. The molecule has 0 atom stereocenters. The zero-order chi connectivity index (χ0) is 10.9. The lowest BCUT2D eigenvalue weighted by Crippen LogP contribution is -2.29. The van der Waals surface area contributed by atoms with Gasteiger partial charge in [-0.25, -0.2) is 4.39 Å².